The summed E-state index contributed by atoms with van der Waals surface area (Å²) >= 11 is 0. The van der Waals surface area contributed by atoms with Crippen LogP contribution in [0.4, 0.5) is 0 Å². The summed E-state index contributed by atoms with van der Waals surface area (Å²) in [4.78, 5) is 10.6. The van der Waals surface area contributed by atoms with Crippen molar-refractivity contribution in [2.75, 3.05) is 0 Å². The van der Waals surface area contributed by atoms with Crippen LogP contribution in [0.25, 0.3) is 0 Å². The zero-order chi connectivity index (χ0) is 11.1. The van der Waals surface area contributed by atoms with Crippen molar-refractivity contribution in [3.63, 3.8) is 0 Å². The van der Waals surface area contributed by atoms with Crippen LogP contribution in [0.15, 0.2) is 4.42 Å². The summed E-state index contributed by atoms with van der Waals surface area (Å²) in [6, 6.07) is 0. The topological polar surface area (TPSA) is 76.2 Å². The fourth-order valence-electron chi connectivity index (χ4n) is 3.27. The van der Waals surface area contributed by atoms with Gasteiger partial charge in [0.2, 0.25) is 5.89 Å². The number of fused-ring (bicyclic) bond motifs is 2. The molecule has 5 heteroatoms. The predicted molar refractivity (Wildman–Crippen MR) is 53.9 cm³/mol. The molecule has 1 aromatic rings. The molecule has 0 aliphatic heterocycles. The second kappa shape index (κ2) is 3.57. The SMILES string of the molecule is O=C(O)c1nnc(CC2CC3CCC2C3)o1. The maximum absolute atomic E-state index is 10.6. The van der Waals surface area contributed by atoms with E-state index in [0.29, 0.717) is 11.8 Å². The Labute approximate surface area is 92.9 Å². The van der Waals surface area contributed by atoms with Crippen LogP contribution >= 0.6 is 0 Å². The first-order valence-corrected chi connectivity index (χ1v) is 5.78. The van der Waals surface area contributed by atoms with E-state index < -0.39 is 5.97 Å². The van der Waals surface area contributed by atoms with E-state index in [0.717, 1.165) is 18.3 Å². The van der Waals surface area contributed by atoms with Gasteiger partial charge in [0.15, 0.2) is 0 Å². The van der Waals surface area contributed by atoms with Crippen molar-refractivity contribution in [3.05, 3.63) is 11.8 Å². The van der Waals surface area contributed by atoms with Gasteiger partial charge < -0.3 is 9.52 Å². The number of carboxylic acids is 1. The van der Waals surface area contributed by atoms with Gasteiger partial charge in [0.25, 0.3) is 0 Å². The summed E-state index contributed by atoms with van der Waals surface area (Å²) in [5.74, 6) is 1.35. The fraction of sp³-hybridized carbons (Fsp3) is 0.727. The normalized spacial score (nSPS) is 32.1. The number of hydrogen-bond donors (Lipinski definition) is 1. The maximum atomic E-state index is 10.6. The van der Waals surface area contributed by atoms with Gasteiger partial charge in [0.05, 0.1) is 0 Å². The molecule has 1 N–H and O–H groups in total. The number of rotatable bonds is 3. The van der Waals surface area contributed by atoms with Gasteiger partial charge in [-0.05, 0) is 37.0 Å². The number of carbonyl (C=O) groups is 1. The minimum absolute atomic E-state index is 0.293. The molecular formula is C11H14N2O3. The van der Waals surface area contributed by atoms with Crippen LogP contribution in [-0.4, -0.2) is 21.3 Å². The molecular weight excluding hydrogens is 208 g/mol. The molecule has 2 bridgehead atoms. The number of aromatic nitrogens is 2. The molecule has 0 radical (unpaired) electrons. The van der Waals surface area contributed by atoms with Crippen molar-refractivity contribution >= 4 is 5.97 Å². The Bertz CT molecular complexity index is 415. The molecule has 2 saturated carbocycles. The van der Waals surface area contributed by atoms with Gasteiger partial charge in [-0.25, -0.2) is 4.79 Å². The van der Waals surface area contributed by atoms with Gasteiger partial charge in [-0.1, -0.05) is 6.42 Å². The van der Waals surface area contributed by atoms with Crippen LogP contribution in [0.2, 0.25) is 0 Å². The zero-order valence-corrected chi connectivity index (χ0v) is 8.93. The van der Waals surface area contributed by atoms with E-state index in [1.165, 1.54) is 25.7 Å². The fourth-order valence-corrected chi connectivity index (χ4v) is 3.27. The Hall–Kier alpha value is -1.39. The molecule has 0 amide bonds. The van der Waals surface area contributed by atoms with Gasteiger partial charge in [0.1, 0.15) is 0 Å². The lowest BCUT2D eigenvalue weighted by Crippen LogP contribution is -2.13. The Morgan fingerprint density at radius 3 is 2.81 bits per heavy atom. The number of nitrogens with zero attached hydrogens (tertiary/aromatic N) is 2. The van der Waals surface area contributed by atoms with Crippen molar-refractivity contribution in [2.24, 2.45) is 17.8 Å². The van der Waals surface area contributed by atoms with Crippen LogP contribution in [-0.2, 0) is 6.42 Å². The first-order chi connectivity index (χ1) is 7.72. The number of aromatic carboxylic acids is 1. The van der Waals surface area contributed by atoms with Crippen molar-refractivity contribution in [1.29, 1.82) is 0 Å². The highest BCUT2D eigenvalue weighted by molar-refractivity contribution is 5.81. The Kier molecular flexibility index (Phi) is 2.19. The first kappa shape index (κ1) is 9.81. The van der Waals surface area contributed by atoms with Crippen molar-refractivity contribution in [3.8, 4) is 0 Å². The molecule has 16 heavy (non-hydrogen) atoms. The molecule has 1 heterocycles. The third-order valence-electron chi connectivity index (χ3n) is 3.97. The second-order valence-corrected chi connectivity index (χ2v) is 4.95. The predicted octanol–water partition coefficient (Wildman–Crippen LogP) is 1.75. The molecule has 2 fully saturated rings. The van der Waals surface area contributed by atoms with E-state index in [-0.39, 0.29) is 5.89 Å². The molecule has 3 unspecified atom stereocenters. The molecule has 0 aromatic carbocycles. The van der Waals surface area contributed by atoms with E-state index >= 15 is 0 Å². The van der Waals surface area contributed by atoms with E-state index in [9.17, 15) is 4.79 Å². The van der Waals surface area contributed by atoms with Crippen LogP contribution in [0.3, 0.4) is 0 Å². The smallest absolute Gasteiger partial charge is 0.393 e. The minimum Gasteiger partial charge on any atom is -0.474 e. The third-order valence-corrected chi connectivity index (χ3v) is 3.97. The quantitative estimate of drug-likeness (QED) is 0.843. The summed E-state index contributed by atoms with van der Waals surface area (Å²) in [5, 5.41) is 16.0. The molecule has 1 aromatic heterocycles. The maximum Gasteiger partial charge on any atom is 0.393 e. The van der Waals surface area contributed by atoms with Crippen molar-refractivity contribution in [1.82, 2.24) is 10.2 Å². The summed E-state index contributed by atoms with van der Waals surface area (Å²) < 4.78 is 5.09. The van der Waals surface area contributed by atoms with Crippen molar-refractivity contribution in [2.45, 2.75) is 32.1 Å². The number of hydrogen-bond acceptors (Lipinski definition) is 4. The minimum atomic E-state index is -1.15. The van der Waals surface area contributed by atoms with Gasteiger partial charge in [0, 0.05) is 6.42 Å². The lowest BCUT2D eigenvalue weighted by molar-refractivity contribution is 0.0651. The molecule has 2 aliphatic carbocycles. The average Bonchev–Trinajstić information content (AvgIpc) is 2.91. The van der Waals surface area contributed by atoms with E-state index in [1.807, 2.05) is 0 Å². The lowest BCUT2D eigenvalue weighted by atomic mass is 9.86. The second-order valence-electron chi connectivity index (χ2n) is 4.95. The Morgan fingerprint density at radius 1 is 1.38 bits per heavy atom. The zero-order valence-electron chi connectivity index (χ0n) is 8.93. The van der Waals surface area contributed by atoms with Crippen LogP contribution in [0, 0.1) is 17.8 Å². The molecule has 86 valence electrons. The molecule has 3 rings (SSSR count). The third kappa shape index (κ3) is 1.60. The molecule has 0 spiro atoms. The standard InChI is InChI=1S/C11H14N2O3/c14-11(15)10-13-12-9(16-10)5-8-4-6-1-2-7(8)3-6/h6-8H,1-5H2,(H,14,15). The van der Waals surface area contributed by atoms with Gasteiger partial charge in [-0.15, -0.1) is 10.2 Å². The molecule has 3 atom stereocenters. The summed E-state index contributed by atoms with van der Waals surface area (Å²) in [6.07, 6.45) is 6.02. The van der Waals surface area contributed by atoms with E-state index in [1.54, 1.807) is 0 Å². The highest BCUT2D eigenvalue weighted by Gasteiger charge is 2.40. The Morgan fingerprint density at radius 2 is 2.25 bits per heavy atom. The van der Waals surface area contributed by atoms with Crippen LogP contribution in [0.1, 0.15) is 42.3 Å². The van der Waals surface area contributed by atoms with Gasteiger partial charge in [-0.3, -0.25) is 0 Å². The molecule has 2 aliphatic rings. The van der Waals surface area contributed by atoms with Gasteiger partial charge in [-0.2, -0.15) is 0 Å². The van der Waals surface area contributed by atoms with E-state index in [2.05, 4.69) is 10.2 Å². The van der Waals surface area contributed by atoms with Crippen LogP contribution < -0.4 is 0 Å². The lowest BCUT2D eigenvalue weighted by Gasteiger charge is -2.19. The average molecular weight is 222 g/mol. The molecule has 5 nitrogen and oxygen atoms in total. The largest absolute Gasteiger partial charge is 0.474 e. The van der Waals surface area contributed by atoms with Crippen LogP contribution in [0.5, 0.6) is 0 Å². The van der Waals surface area contributed by atoms with E-state index in [4.69, 9.17) is 9.52 Å². The molecule has 0 saturated heterocycles. The number of carboxylic acid groups (broad SMARTS) is 1. The monoisotopic (exact) mass is 222 g/mol. The summed E-state index contributed by atoms with van der Waals surface area (Å²) in [6.45, 7) is 0. The summed E-state index contributed by atoms with van der Waals surface area (Å²) in [7, 11) is 0. The summed E-state index contributed by atoms with van der Waals surface area (Å²) in [5.41, 5.74) is 0. The first-order valence-electron chi connectivity index (χ1n) is 5.78. The highest BCUT2D eigenvalue weighted by Crippen LogP contribution is 2.49. The van der Waals surface area contributed by atoms with Crippen molar-refractivity contribution < 1.29 is 14.3 Å². The highest BCUT2D eigenvalue weighted by atomic mass is 16.4. The van der Waals surface area contributed by atoms with Gasteiger partial charge >= 0.3 is 11.9 Å². The Balaban J connectivity index is 1.68.